The lowest BCUT2D eigenvalue weighted by Gasteiger charge is -2.37. The smallest absolute Gasteiger partial charge is 0.261 e. The fourth-order valence-electron chi connectivity index (χ4n) is 4.76. The van der Waals surface area contributed by atoms with Crippen molar-refractivity contribution in [2.75, 3.05) is 11.4 Å². The molecule has 0 saturated carbocycles. The van der Waals surface area contributed by atoms with E-state index < -0.39 is 33.4 Å². The predicted molar refractivity (Wildman–Crippen MR) is 136 cm³/mol. The average molecular weight is 559 g/mol. The summed E-state index contributed by atoms with van der Waals surface area (Å²) in [5.41, 5.74) is 5.43. The first-order valence-corrected chi connectivity index (χ1v) is 13.4. The van der Waals surface area contributed by atoms with Gasteiger partial charge in [0.1, 0.15) is 11.6 Å². The number of anilines is 2. The Morgan fingerprint density at radius 1 is 1.22 bits per heavy atom. The number of nitriles is 1. The molecule has 2 aliphatic rings. The molecule has 3 aromatic rings. The molecule has 0 spiro atoms. The summed E-state index contributed by atoms with van der Waals surface area (Å²) in [4.78, 5) is 31.4. The van der Waals surface area contributed by atoms with Gasteiger partial charge in [0.25, 0.3) is 15.9 Å². The van der Waals surface area contributed by atoms with Gasteiger partial charge in [-0.1, -0.05) is 35.3 Å². The van der Waals surface area contributed by atoms with E-state index in [0.29, 0.717) is 23.2 Å². The summed E-state index contributed by atoms with van der Waals surface area (Å²) in [6, 6.07) is 12.3. The third kappa shape index (κ3) is 3.97. The van der Waals surface area contributed by atoms with Crippen LogP contribution in [-0.4, -0.2) is 46.7 Å². The molecule has 2 N–H and O–H groups in total. The Bertz CT molecular complexity index is 1580. The van der Waals surface area contributed by atoms with Crippen molar-refractivity contribution in [1.82, 2.24) is 13.9 Å². The zero-order valence-electron chi connectivity index (χ0n) is 19.4. The Hall–Kier alpha value is -3.43. The molecule has 2 amide bonds. The van der Waals surface area contributed by atoms with Gasteiger partial charge in [-0.3, -0.25) is 14.2 Å². The van der Waals surface area contributed by atoms with E-state index >= 15 is 0 Å². The third-order valence-corrected chi connectivity index (χ3v) is 8.98. The van der Waals surface area contributed by atoms with Gasteiger partial charge in [-0.05, 0) is 49.2 Å². The van der Waals surface area contributed by atoms with Crippen molar-refractivity contribution in [3.05, 3.63) is 69.8 Å². The van der Waals surface area contributed by atoms with E-state index in [1.54, 1.807) is 31.2 Å². The highest BCUT2D eigenvalue weighted by molar-refractivity contribution is 7.89. The minimum Gasteiger partial charge on any atom is -0.368 e. The van der Waals surface area contributed by atoms with E-state index in [0.717, 1.165) is 4.31 Å². The molecule has 1 aromatic heterocycles. The van der Waals surface area contributed by atoms with E-state index in [4.69, 9.17) is 34.2 Å². The monoisotopic (exact) mass is 558 g/mol. The number of halogens is 2. The summed E-state index contributed by atoms with van der Waals surface area (Å²) in [7, 11) is -4.24. The number of hydrogen-bond donors (Lipinski definition) is 1. The number of nitrogens with zero attached hydrogens (tertiary/aromatic N) is 5. The lowest BCUT2D eigenvalue weighted by Crippen LogP contribution is -2.57. The Balaban J connectivity index is 1.68. The number of nitrogens with two attached hydrogens (primary N) is 1. The molecule has 2 aliphatic heterocycles. The minimum absolute atomic E-state index is 0.0641. The van der Waals surface area contributed by atoms with Gasteiger partial charge in [0.05, 0.1) is 23.5 Å². The van der Waals surface area contributed by atoms with E-state index in [1.807, 2.05) is 6.07 Å². The molecular formula is C24H20Cl2N6O4S. The molecule has 5 rings (SSSR count). The predicted octanol–water partition coefficient (Wildman–Crippen LogP) is 2.95. The van der Waals surface area contributed by atoms with Gasteiger partial charge >= 0.3 is 0 Å². The number of aromatic nitrogens is 2. The van der Waals surface area contributed by atoms with E-state index in [9.17, 15) is 18.0 Å². The van der Waals surface area contributed by atoms with Crippen LogP contribution in [0.5, 0.6) is 0 Å². The van der Waals surface area contributed by atoms with E-state index in [2.05, 4.69) is 4.98 Å². The topological polar surface area (TPSA) is 142 Å². The number of fused-ring (bicyclic) bond motifs is 1. The van der Waals surface area contributed by atoms with Crippen LogP contribution in [0.2, 0.25) is 10.0 Å². The maximum atomic E-state index is 14.0. The molecule has 0 unspecified atom stereocenters. The van der Waals surface area contributed by atoms with Crippen molar-refractivity contribution in [1.29, 1.82) is 5.26 Å². The summed E-state index contributed by atoms with van der Waals surface area (Å²) in [5, 5.41) is 9.46. The number of primary amides is 1. The molecule has 0 bridgehead atoms. The second kappa shape index (κ2) is 8.85. The number of benzene rings is 2. The van der Waals surface area contributed by atoms with Gasteiger partial charge in [-0.25, -0.2) is 18.3 Å². The largest absolute Gasteiger partial charge is 0.368 e. The number of imidazole rings is 1. The molecule has 0 aliphatic carbocycles. The van der Waals surface area contributed by atoms with Crippen molar-refractivity contribution in [2.24, 2.45) is 5.73 Å². The first kappa shape index (κ1) is 25.2. The molecule has 190 valence electrons. The number of carbonyl (C=O) groups excluding carboxylic acids is 2. The zero-order valence-corrected chi connectivity index (χ0v) is 21.8. The molecule has 1 saturated heterocycles. The number of amides is 2. The molecular weight excluding hydrogens is 539 g/mol. The maximum Gasteiger partial charge on any atom is 0.261 e. The van der Waals surface area contributed by atoms with Crippen LogP contribution in [0.25, 0.3) is 0 Å². The fraction of sp³-hybridized carbons (Fsp3) is 0.250. The van der Waals surface area contributed by atoms with Crippen LogP contribution in [0.15, 0.2) is 53.7 Å². The molecule has 37 heavy (non-hydrogen) atoms. The molecule has 13 heteroatoms. The van der Waals surface area contributed by atoms with Gasteiger partial charge in [-0.2, -0.15) is 9.57 Å². The van der Waals surface area contributed by atoms with Crippen LogP contribution < -0.4 is 10.6 Å². The van der Waals surface area contributed by atoms with Crippen LogP contribution in [0, 0.1) is 11.3 Å². The highest BCUT2D eigenvalue weighted by Crippen LogP contribution is 2.45. The second-order valence-electron chi connectivity index (χ2n) is 9.08. The quantitative estimate of drug-likeness (QED) is 0.492. The summed E-state index contributed by atoms with van der Waals surface area (Å²) in [5.74, 6) is -1.14. The van der Waals surface area contributed by atoms with Gasteiger partial charge in [-0.15, -0.1) is 0 Å². The van der Waals surface area contributed by atoms with Crippen LogP contribution in [-0.2, 0) is 31.6 Å². The number of carbonyl (C=O) groups is 2. The van der Waals surface area contributed by atoms with Gasteiger partial charge in [0.2, 0.25) is 11.9 Å². The SMILES string of the molecule is C[C@@]1(Cc2ccc(C#N)cc2)C(=O)N(c2cc(Cl)cc(Cl)c2)c2ncc(S(=O)(=O)N3CC[C@H]3C(N)=O)n21. The molecule has 0 radical (unpaired) electrons. The van der Waals surface area contributed by atoms with Crippen molar-refractivity contribution in [3.8, 4) is 6.07 Å². The summed E-state index contributed by atoms with van der Waals surface area (Å²) in [6.45, 7) is 1.73. The Labute approximate surface area is 222 Å². The number of rotatable bonds is 6. The highest BCUT2D eigenvalue weighted by atomic mass is 35.5. The fourth-order valence-corrected chi connectivity index (χ4v) is 7.11. The van der Waals surface area contributed by atoms with E-state index in [-0.39, 0.29) is 34.0 Å². The number of sulfonamides is 1. The maximum absolute atomic E-state index is 14.0. The lowest BCUT2D eigenvalue weighted by atomic mass is 9.91. The van der Waals surface area contributed by atoms with Crippen molar-refractivity contribution in [3.63, 3.8) is 0 Å². The third-order valence-electron chi connectivity index (χ3n) is 6.68. The Kier molecular flexibility index (Phi) is 6.03. The zero-order chi connectivity index (χ0) is 26.7. The minimum atomic E-state index is -4.24. The van der Waals surface area contributed by atoms with Crippen LogP contribution >= 0.6 is 23.2 Å². The molecule has 2 atom stereocenters. The summed E-state index contributed by atoms with van der Waals surface area (Å²) in [6.07, 6.45) is 1.57. The molecule has 1 fully saturated rings. The average Bonchev–Trinajstić information content (AvgIpc) is 3.31. The van der Waals surface area contributed by atoms with Gasteiger partial charge in [0, 0.05) is 23.0 Å². The van der Waals surface area contributed by atoms with Crippen LogP contribution in [0.4, 0.5) is 11.6 Å². The molecule has 10 nitrogen and oxygen atoms in total. The van der Waals surface area contributed by atoms with Crippen LogP contribution in [0.3, 0.4) is 0 Å². The summed E-state index contributed by atoms with van der Waals surface area (Å²) < 4.78 is 29.8. The van der Waals surface area contributed by atoms with Gasteiger partial charge < -0.3 is 5.73 Å². The first-order valence-electron chi connectivity index (χ1n) is 11.2. The van der Waals surface area contributed by atoms with Crippen molar-refractivity contribution in [2.45, 2.75) is 36.4 Å². The van der Waals surface area contributed by atoms with Gasteiger partial charge in [0.15, 0.2) is 5.03 Å². The van der Waals surface area contributed by atoms with Crippen molar-refractivity contribution >= 4 is 56.7 Å². The lowest BCUT2D eigenvalue weighted by molar-refractivity contribution is -0.125. The molecule has 2 aromatic carbocycles. The first-order chi connectivity index (χ1) is 17.5. The van der Waals surface area contributed by atoms with Crippen molar-refractivity contribution < 1.29 is 18.0 Å². The molecule has 3 heterocycles. The van der Waals surface area contributed by atoms with E-state index in [1.165, 1.54) is 33.9 Å². The normalized spacial score (nSPS) is 21.4. The van der Waals surface area contributed by atoms with Crippen LogP contribution in [0.1, 0.15) is 24.5 Å². The number of hydrogen-bond acceptors (Lipinski definition) is 6. The Morgan fingerprint density at radius 2 is 1.86 bits per heavy atom. The second-order valence-corrected chi connectivity index (χ2v) is 11.8. The Morgan fingerprint density at radius 3 is 2.41 bits per heavy atom. The standard InChI is InChI=1S/C24H20Cl2N6O4S/c1-24(11-14-2-4-15(12-27)5-3-14)22(34)31(18-9-16(25)8-17(26)10-18)23-29-13-20(32(23)24)37(35,36)30-7-6-19(30)21(28)33/h2-5,8-10,13,19H,6-7,11H2,1H3,(H2,28,33)/t19-,24+/m0/s1. The highest BCUT2D eigenvalue weighted by Gasteiger charge is 2.53. The summed E-state index contributed by atoms with van der Waals surface area (Å²) >= 11 is 12.4.